The Bertz CT molecular complexity index is 1360. The Morgan fingerprint density at radius 3 is 1.80 bits per heavy atom. The van der Waals surface area contributed by atoms with E-state index in [-0.39, 0.29) is 15.6 Å². The van der Waals surface area contributed by atoms with Crippen molar-refractivity contribution in [2.45, 2.75) is 12.4 Å². The van der Waals surface area contributed by atoms with Gasteiger partial charge in [-0.1, -0.05) is 59.6 Å². The molecule has 0 N–H and O–H groups in total. The molecule has 0 unspecified atom stereocenters. The van der Waals surface area contributed by atoms with Gasteiger partial charge in [0, 0.05) is 16.1 Å². The van der Waals surface area contributed by atoms with E-state index in [0.717, 1.165) is 30.3 Å². The van der Waals surface area contributed by atoms with Gasteiger partial charge in [0.1, 0.15) is 11.6 Å². The van der Waals surface area contributed by atoms with Crippen LogP contribution in [0.3, 0.4) is 0 Å². The van der Waals surface area contributed by atoms with Gasteiger partial charge in [0.2, 0.25) is 0 Å². The average molecular weight is 530 g/mol. The Balaban J connectivity index is 2.31. The second-order valence-electron chi connectivity index (χ2n) is 6.92. The molecule has 0 aliphatic rings. The average Bonchev–Trinajstić information content (AvgIpc) is 2.78. The molecule has 0 aliphatic carbocycles. The lowest BCUT2D eigenvalue weighted by Crippen LogP contribution is -2.16. The number of esters is 1. The van der Waals surface area contributed by atoms with Crippen LogP contribution in [0.15, 0.2) is 66.7 Å². The molecule has 3 aromatic rings. The summed E-state index contributed by atoms with van der Waals surface area (Å²) in [5.74, 6) is -2.55. The zero-order valence-electron chi connectivity index (χ0n) is 17.1. The molecule has 3 nitrogen and oxygen atoms in total. The molecule has 0 atom stereocenters. The molecule has 35 heavy (non-hydrogen) atoms. The van der Waals surface area contributed by atoms with Crippen LogP contribution < -0.4 is 0 Å². The van der Waals surface area contributed by atoms with Gasteiger partial charge in [-0.25, -0.2) is 4.79 Å². The number of allylic oxidation sites excluding steroid dienone is 1. The van der Waals surface area contributed by atoms with Crippen LogP contribution in [0.25, 0.3) is 11.3 Å². The third kappa shape index (κ3) is 5.78. The van der Waals surface area contributed by atoms with E-state index in [2.05, 4.69) is 0 Å². The molecule has 0 saturated carbocycles. The SMILES string of the molecule is N#C/C(=C(/OC(=O)c1ccccc1C(F)(F)F)c1ccccc1C(F)(F)F)c1ccc(Cl)cc1Cl. The summed E-state index contributed by atoms with van der Waals surface area (Å²) in [7, 11) is 0. The summed E-state index contributed by atoms with van der Waals surface area (Å²) in [4.78, 5) is 12.8. The van der Waals surface area contributed by atoms with E-state index in [1.165, 1.54) is 24.3 Å². The number of halogens is 8. The molecular weight excluding hydrogens is 519 g/mol. The fraction of sp³-hybridized carbons (Fsp3) is 0.0833. The van der Waals surface area contributed by atoms with E-state index in [9.17, 15) is 36.4 Å². The van der Waals surface area contributed by atoms with E-state index in [4.69, 9.17) is 27.9 Å². The van der Waals surface area contributed by atoms with Crippen LogP contribution in [0.2, 0.25) is 10.0 Å². The van der Waals surface area contributed by atoms with Crippen LogP contribution in [0.5, 0.6) is 0 Å². The second kappa shape index (κ2) is 10.0. The molecule has 0 aromatic heterocycles. The molecule has 0 radical (unpaired) electrons. The van der Waals surface area contributed by atoms with Crippen molar-refractivity contribution in [1.29, 1.82) is 5.26 Å². The number of hydrogen-bond acceptors (Lipinski definition) is 3. The summed E-state index contributed by atoms with van der Waals surface area (Å²) < 4.78 is 86.6. The number of nitriles is 1. The zero-order valence-corrected chi connectivity index (χ0v) is 18.7. The zero-order chi connectivity index (χ0) is 26.0. The lowest BCUT2D eigenvalue weighted by molar-refractivity contribution is -0.138. The third-order valence-electron chi connectivity index (χ3n) is 4.66. The summed E-state index contributed by atoms with van der Waals surface area (Å²) in [6, 6.07) is 12.7. The fourth-order valence-electron chi connectivity index (χ4n) is 3.15. The Kier molecular flexibility index (Phi) is 7.48. The Morgan fingerprint density at radius 2 is 1.29 bits per heavy atom. The normalized spacial score (nSPS) is 12.5. The van der Waals surface area contributed by atoms with Gasteiger partial charge in [-0.05, 0) is 30.3 Å². The van der Waals surface area contributed by atoms with E-state index < -0.39 is 51.9 Å². The minimum absolute atomic E-state index is 0.143. The Morgan fingerprint density at radius 1 is 0.771 bits per heavy atom. The molecule has 0 bridgehead atoms. The quantitative estimate of drug-likeness (QED) is 0.112. The van der Waals surface area contributed by atoms with Crippen molar-refractivity contribution in [2.24, 2.45) is 0 Å². The van der Waals surface area contributed by atoms with Gasteiger partial charge < -0.3 is 4.74 Å². The smallest absolute Gasteiger partial charge is 0.417 e. The van der Waals surface area contributed by atoms with Gasteiger partial charge in [0.25, 0.3) is 0 Å². The predicted octanol–water partition coefficient (Wildman–Crippen LogP) is 8.28. The van der Waals surface area contributed by atoms with Crippen LogP contribution >= 0.6 is 23.2 Å². The van der Waals surface area contributed by atoms with Crippen LogP contribution in [0.4, 0.5) is 26.3 Å². The van der Waals surface area contributed by atoms with Gasteiger partial charge in [0.05, 0.1) is 21.7 Å². The van der Waals surface area contributed by atoms with Crippen LogP contribution in [0, 0.1) is 11.3 Å². The molecule has 0 fully saturated rings. The number of carbonyl (C=O) groups excluding carboxylic acids is 1. The minimum atomic E-state index is -4.96. The van der Waals surface area contributed by atoms with Crippen LogP contribution in [0.1, 0.15) is 32.6 Å². The minimum Gasteiger partial charge on any atom is -0.421 e. The lowest BCUT2D eigenvalue weighted by Gasteiger charge is -2.18. The second-order valence-corrected chi connectivity index (χ2v) is 7.76. The Hall–Kier alpha value is -3.48. The van der Waals surface area contributed by atoms with Crippen LogP contribution in [-0.2, 0) is 17.1 Å². The first kappa shape index (κ1) is 26.1. The maximum atomic E-state index is 13.8. The third-order valence-corrected chi connectivity index (χ3v) is 5.21. The molecule has 0 aliphatic heterocycles. The molecule has 3 aromatic carbocycles. The van der Waals surface area contributed by atoms with Gasteiger partial charge >= 0.3 is 18.3 Å². The first-order valence-corrected chi connectivity index (χ1v) is 10.2. The summed E-state index contributed by atoms with van der Waals surface area (Å²) in [5.41, 5.74) is -5.13. The van der Waals surface area contributed by atoms with Crippen molar-refractivity contribution in [2.75, 3.05) is 0 Å². The number of carbonyl (C=O) groups is 1. The maximum absolute atomic E-state index is 13.8. The lowest BCUT2D eigenvalue weighted by atomic mass is 9.98. The molecule has 0 spiro atoms. The number of nitrogens with zero attached hydrogens (tertiary/aromatic N) is 1. The molecule has 0 saturated heterocycles. The maximum Gasteiger partial charge on any atom is 0.417 e. The number of ether oxygens (including phenoxy) is 1. The first-order chi connectivity index (χ1) is 16.3. The van der Waals surface area contributed by atoms with Crippen molar-refractivity contribution in [3.8, 4) is 6.07 Å². The number of alkyl halides is 6. The van der Waals surface area contributed by atoms with E-state index in [0.29, 0.717) is 12.1 Å². The highest BCUT2D eigenvalue weighted by atomic mass is 35.5. The molecule has 0 heterocycles. The van der Waals surface area contributed by atoms with Crippen molar-refractivity contribution in [1.82, 2.24) is 0 Å². The first-order valence-electron chi connectivity index (χ1n) is 9.49. The number of rotatable bonds is 4. The topological polar surface area (TPSA) is 50.1 Å². The van der Waals surface area contributed by atoms with Gasteiger partial charge in [0.15, 0.2) is 5.76 Å². The van der Waals surface area contributed by atoms with Gasteiger partial charge in [-0.15, -0.1) is 0 Å². The molecule has 180 valence electrons. The van der Waals surface area contributed by atoms with Gasteiger partial charge in [-0.3, -0.25) is 0 Å². The number of benzene rings is 3. The van der Waals surface area contributed by atoms with E-state index >= 15 is 0 Å². The molecule has 3 rings (SSSR count). The molecular formula is C24H11Cl2F6NO2. The fourth-order valence-corrected chi connectivity index (χ4v) is 3.65. The molecule has 11 heteroatoms. The number of hydrogen-bond donors (Lipinski definition) is 0. The Labute approximate surface area is 204 Å². The predicted molar refractivity (Wildman–Crippen MR) is 117 cm³/mol. The summed E-state index contributed by atoms with van der Waals surface area (Å²) >= 11 is 12.0. The van der Waals surface area contributed by atoms with E-state index in [1.807, 2.05) is 0 Å². The standard InChI is InChI=1S/C24H11Cl2F6NO2/c25-13-9-10-14(20(26)11-13)17(12-33)21(15-5-1-3-7-18(15)23(27,28)29)35-22(34)16-6-2-4-8-19(16)24(30,31)32/h1-11H/b21-17-. The van der Waals surface area contributed by atoms with Crippen molar-refractivity contribution in [3.05, 3.63) is 105 Å². The monoisotopic (exact) mass is 529 g/mol. The largest absolute Gasteiger partial charge is 0.421 e. The van der Waals surface area contributed by atoms with Crippen molar-refractivity contribution < 1.29 is 35.9 Å². The van der Waals surface area contributed by atoms with E-state index in [1.54, 1.807) is 6.07 Å². The van der Waals surface area contributed by atoms with Gasteiger partial charge in [-0.2, -0.15) is 31.6 Å². The summed E-state index contributed by atoms with van der Waals surface area (Å²) in [6.07, 6.45) is -9.91. The van der Waals surface area contributed by atoms with Crippen molar-refractivity contribution >= 4 is 40.5 Å². The molecule has 0 amide bonds. The summed E-state index contributed by atoms with van der Waals surface area (Å²) in [5, 5.41) is 9.79. The highest BCUT2D eigenvalue weighted by molar-refractivity contribution is 6.36. The van der Waals surface area contributed by atoms with Crippen molar-refractivity contribution in [3.63, 3.8) is 0 Å². The summed E-state index contributed by atoms with van der Waals surface area (Å²) in [6.45, 7) is 0. The van der Waals surface area contributed by atoms with Crippen LogP contribution in [-0.4, -0.2) is 5.97 Å². The highest BCUT2D eigenvalue weighted by Gasteiger charge is 2.38. The highest BCUT2D eigenvalue weighted by Crippen LogP contribution is 2.40.